The van der Waals surface area contributed by atoms with E-state index < -0.39 is 0 Å². The zero-order chi connectivity index (χ0) is 12.3. The highest BCUT2D eigenvalue weighted by molar-refractivity contribution is 5.96. The van der Waals surface area contributed by atoms with Gasteiger partial charge in [-0.3, -0.25) is 9.69 Å². The summed E-state index contributed by atoms with van der Waals surface area (Å²) in [7, 11) is 1.93. The molecular formula is C14H22N2O. The number of aryl methyl sites for hydroxylation is 1. The first-order valence-corrected chi connectivity index (χ1v) is 6.61. The average molecular weight is 234 g/mol. The van der Waals surface area contributed by atoms with Crippen LogP contribution >= 0.6 is 0 Å². The number of Topliss-reactive ketones (excluding diaryl/α,β-unsaturated/α-hetero) is 1. The van der Waals surface area contributed by atoms with Crippen LogP contribution in [0.3, 0.4) is 0 Å². The molecule has 0 saturated heterocycles. The van der Waals surface area contributed by atoms with E-state index in [9.17, 15) is 4.79 Å². The van der Waals surface area contributed by atoms with Gasteiger partial charge in [-0.1, -0.05) is 19.8 Å². The lowest BCUT2D eigenvalue weighted by Gasteiger charge is -2.26. The molecule has 0 radical (unpaired) electrons. The molecule has 3 heteroatoms. The fraction of sp³-hybridized carbons (Fsp3) is 0.643. The van der Waals surface area contributed by atoms with Gasteiger partial charge in [0.25, 0.3) is 0 Å². The Morgan fingerprint density at radius 3 is 2.71 bits per heavy atom. The molecule has 0 atom stereocenters. The van der Waals surface area contributed by atoms with Crippen LogP contribution in [0.4, 0.5) is 0 Å². The standard InChI is InChI=1S/C14H22N2O/c1-3-16(12-7-4-5-8-12)11-14(17)13-9-6-10-15(13)2/h6,9-10,12H,3-5,7-8,11H2,1-2H3. The normalized spacial score (nSPS) is 16.9. The van der Waals surface area contributed by atoms with Crippen molar-refractivity contribution in [2.24, 2.45) is 7.05 Å². The number of likely N-dealkylation sites (N-methyl/N-ethyl adjacent to an activating group) is 1. The number of hydrogen-bond donors (Lipinski definition) is 0. The van der Waals surface area contributed by atoms with Gasteiger partial charge >= 0.3 is 0 Å². The summed E-state index contributed by atoms with van der Waals surface area (Å²) in [6, 6.07) is 4.47. The fourth-order valence-electron chi connectivity index (χ4n) is 2.78. The van der Waals surface area contributed by atoms with Crippen LogP contribution < -0.4 is 0 Å². The van der Waals surface area contributed by atoms with Crippen LogP contribution in [0, 0.1) is 0 Å². The van der Waals surface area contributed by atoms with Crippen LogP contribution in [-0.4, -0.2) is 34.4 Å². The Hall–Kier alpha value is -1.09. The van der Waals surface area contributed by atoms with Crippen molar-refractivity contribution in [3.8, 4) is 0 Å². The van der Waals surface area contributed by atoms with Crippen molar-refractivity contribution in [1.29, 1.82) is 0 Å². The maximum absolute atomic E-state index is 12.2. The summed E-state index contributed by atoms with van der Waals surface area (Å²) < 4.78 is 1.91. The molecule has 3 nitrogen and oxygen atoms in total. The predicted octanol–water partition coefficient (Wildman–Crippen LogP) is 2.47. The SMILES string of the molecule is CCN(CC(=O)c1cccn1C)C1CCCC1. The molecule has 0 aromatic carbocycles. The summed E-state index contributed by atoms with van der Waals surface area (Å²) in [6.07, 6.45) is 7.08. The molecule has 0 aliphatic heterocycles. The molecule has 1 aliphatic rings. The molecule has 0 spiro atoms. The molecule has 94 valence electrons. The minimum Gasteiger partial charge on any atom is -0.348 e. The van der Waals surface area contributed by atoms with Crippen LogP contribution in [0.15, 0.2) is 18.3 Å². The molecule has 0 unspecified atom stereocenters. The van der Waals surface area contributed by atoms with E-state index in [1.807, 2.05) is 29.9 Å². The van der Waals surface area contributed by atoms with E-state index in [-0.39, 0.29) is 5.78 Å². The Kier molecular flexibility index (Phi) is 4.00. The van der Waals surface area contributed by atoms with Gasteiger partial charge in [0, 0.05) is 19.3 Å². The first kappa shape index (κ1) is 12.4. The number of ketones is 1. The van der Waals surface area contributed by atoms with Crippen LogP contribution in [0.1, 0.15) is 43.1 Å². The highest BCUT2D eigenvalue weighted by Crippen LogP contribution is 2.23. The third kappa shape index (κ3) is 2.78. The summed E-state index contributed by atoms with van der Waals surface area (Å²) >= 11 is 0. The number of nitrogens with zero attached hydrogens (tertiary/aromatic N) is 2. The second-order valence-corrected chi connectivity index (χ2v) is 4.93. The van der Waals surface area contributed by atoms with Crippen LogP contribution in [0.5, 0.6) is 0 Å². The van der Waals surface area contributed by atoms with Gasteiger partial charge in [-0.25, -0.2) is 0 Å². The molecule has 1 aromatic rings. The average Bonchev–Trinajstić information content (AvgIpc) is 2.96. The molecule has 1 aliphatic carbocycles. The quantitative estimate of drug-likeness (QED) is 0.731. The minimum atomic E-state index is 0.242. The van der Waals surface area contributed by atoms with Crippen molar-refractivity contribution < 1.29 is 4.79 Å². The fourth-order valence-corrected chi connectivity index (χ4v) is 2.78. The molecule has 0 bridgehead atoms. The first-order valence-electron chi connectivity index (χ1n) is 6.61. The van der Waals surface area contributed by atoms with Gasteiger partial charge in [0.2, 0.25) is 0 Å². The lowest BCUT2D eigenvalue weighted by molar-refractivity contribution is 0.0891. The summed E-state index contributed by atoms with van der Waals surface area (Å²) in [5, 5.41) is 0. The highest BCUT2D eigenvalue weighted by atomic mass is 16.1. The van der Waals surface area contributed by atoms with E-state index >= 15 is 0 Å². The summed E-state index contributed by atoms with van der Waals surface area (Å²) in [5.74, 6) is 0.242. The highest BCUT2D eigenvalue weighted by Gasteiger charge is 2.23. The number of carbonyl (C=O) groups excluding carboxylic acids is 1. The minimum absolute atomic E-state index is 0.242. The van der Waals surface area contributed by atoms with E-state index in [1.165, 1.54) is 25.7 Å². The monoisotopic (exact) mass is 234 g/mol. The first-order chi connectivity index (χ1) is 8.22. The number of rotatable bonds is 5. The lowest BCUT2D eigenvalue weighted by atomic mass is 10.2. The van der Waals surface area contributed by atoms with Crippen molar-refractivity contribution in [2.75, 3.05) is 13.1 Å². The molecule has 1 saturated carbocycles. The van der Waals surface area contributed by atoms with E-state index in [1.54, 1.807) is 0 Å². The molecule has 1 heterocycles. The molecule has 0 amide bonds. The number of hydrogen-bond acceptors (Lipinski definition) is 2. The number of aromatic nitrogens is 1. The van der Waals surface area contributed by atoms with Crippen molar-refractivity contribution in [3.63, 3.8) is 0 Å². The lowest BCUT2D eigenvalue weighted by Crippen LogP contribution is -2.37. The van der Waals surface area contributed by atoms with Gasteiger partial charge in [-0.2, -0.15) is 0 Å². The molecule has 17 heavy (non-hydrogen) atoms. The van der Waals surface area contributed by atoms with Gasteiger partial charge in [0.05, 0.1) is 12.2 Å². The maximum atomic E-state index is 12.2. The van der Waals surface area contributed by atoms with Crippen molar-refractivity contribution in [2.45, 2.75) is 38.6 Å². The van der Waals surface area contributed by atoms with Crippen molar-refractivity contribution in [1.82, 2.24) is 9.47 Å². The second-order valence-electron chi connectivity index (χ2n) is 4.93. The van der Waals surface area contributed by atoms with Crippen molar-refractivity contribution >= 4 is 5.78 Å². The van der Waals surface area contributed by atoms with Crippen LogP contribution in [0.25, 0.3) is 0 Å². The zero-order valence-electron chi connectivity index (χ0n) is 10.9. The molecular weight excluding hydrogens is 212 g/mol. The Labute approximate surface area is 103 Å². The van der Waals surface area contributed by atoms with E-state index in [4.69, 9.17) is 0 Å². The summed E-state index contributed by atoms with van der Waals surface area (Å²) in [4.78, 5) is 14.5. The molecule has 1 fully saturated rings. The maximum Gasteiger partial charge on any atom is 0.193 e. The Bertz CT molecular complexity index is 377. The topological polar surface area (TPSA) is 25.2 Å². The molecule has 0 N–H and O–H groups in total. The Morgan fingerprint density at radius 2 is 2.18 bits per heavy atom. The van der Waals surface area contributed by atoms with Crippen LogP contribution in [0.2, 0.25) is 0 Å². The smallest absolute Gasteiger partial charge is 0.193 e. The Balaban J connectivity index is 1.99. The third-order valence-corrected chi connectivity index (χ3v) is 3.82. The van der Waals surface area contributed by atoms with Gasteiger partial charge in [-0.15, -0.1) is 0 Å². The van der Waals surface area contributed by atoms with E-state index in [2.05, 4.69) is 11.8 Å². The van der Waals surface area contributed by atoms with E-state index in [0.29, 0.717) is 12.6 Å². The molecule has 1 aromatic heterocycles. The summed E-state index contributed by atoms with van der Waals surface area (Å²) in [6.45, 7) is 3.69. The van der Waals surface area contributed by atoms with E-state index in [0.717, 1.165) is 12.2 Å². The second kappa shape index (κ2) is 5.50. The zero-order valence-corrected chi connectivity index (χ0v) is 10.9. The summed E-state index contributed by atoms with van der Waals surface area (Å²) in [5.41, 5.74) is 0.821. The Morgan fingerprint density at radius 1 is 1.47 bits per heavy atom. The van der Waals surface area contributed by atoms with Gasteiger partial charge in [0.15, 0.2) is 5.78 Å². The largest absolute Gasteiger partial charge is 0.348 e. The molecule has 2 rings (SSSR count). The predicted molar refractivity (Wildman–Crippen MR) is 69.2 cm³/mol. The third-order valence-electron chi connectivity index (χ3n) is 3.82. The van der Waals surface area contributed by atoms with Gasteiger partial charge < -0.3 is 4.57 Å². The van der Waals surface area contributed by atoms with Gasteiger partial charge in [0.1, 0.15) is 0 Å². The van der Waals surface area contributed by atoms with Gasteiger partial charge in [-0.05, 0) is 31.5 Å². The van der Waals surface area contributed by atoms with Crippen LogP contribution in [-0.2, 0) is 7.05 Å². The number of carbonyl (C=O) groups is 1. The van der Waals surface area contributed by atoms with Crippen molar-refractivity contribution in [3.05, 3.63) is 24.0 Å².